The van der Waals surface area contributed by atoms with E-state index in [2.05, 4.69) is 20.8 Å². The van der Waals surface area contributed by atoms with Gasteiger partial charge >= 0.3 is 5.97 Å². The van der Waals surface area contributed by atoms with E-state index in [1.807, 2.05) is 31.2 Å². The monoisotopic (exact) mass is 637 g/mol. The van der Waals surface area contributed by atoms with Crippen LogP contribution in [0.5, 0.6) is 5.75 Å². The van der Waals surface area contributed by atoms with Crippen LogP contribution in [-0.2, 0) is 28.9 Å². The lowest BCUT2D eigenvalue weighted by atomic mass is 10.1. The van der Waals surface area contributed by atoms with Crippen molar-refractivity contribution in [3.8, 4) is 11.4 Å². The average molecular weight is 638 g/mol. The van der Waals surface area contributed by atoms with E-state index >= 15 is 0 Å². The molecule has 3 aromatic heterocycles. The first-order chi connectivity index (χ1) is 21.4. The molecular weight excluding hydrogens is 603 g/mol. The number of rotatable bonds is 12. The number of nitrogens with one attached hydrogen (secondary N) is 2. The lowest BCUT2D eigenvalue weighted by molar-refractivity contribution is -0.115. The highest BCUT2D eigenvalue weighted by Gasteiger charge is 2.29. The molecular formula is C31H35N5O6S2. The third-order valence-corrected chi connectivity index (χ3v) is 9.30. The molecule has 13 heteroatoms. The summed E-state index contributed by atoms with van der Waals surface area (Å²) in [4.78, 5) is 40.2. The van der Waals surface area contributed by atoms with Gasteiger partial charge in [-0.1, -0.05) is 18.2 Å². The summed E-state index contributed by atoms with van der Waals surface area (Å²) >= 11 is 2.69. The van der Waals surface area contributed by atoms with Gasteiger partial charge in [-0.2, -0.15) is 0 Å². The predicted molar refractivity (Wildman–Crippen MR) is 168 cm³/mol. The molecule has 2 N–H and O–H groups in total. The highest BCUT2D eigenvalue weighted by atomic mass is 32.2. The van der Waals surface area contributed by atoms with Gasteiger partial charge in [-0.25, -0.2) is 4.79 Å². The van der Waals surface area contributed by atoms with Gasteiger partial charge in [0.1, 0.15) is 10.8 Å². The van der Waals surface area contributed by atoms with Crippen LogP contribution in [0.15, 0.2) is 52.2 Å². The number of aromatic nitrogens is 3. The first-order valence-corrected chi connectivity index (χ1v) is 16.4. The molecule has 1 aromatic carbocycles. The second-order valence-electron chi connectivity index (χ2n) is 10.1. The molecule has 4 aromatic rings. The van der Waals surface area contributed by atoms with Gasteiger partial charge in [0.25, 0.3) is 5.91 Å². The Kier molecular flexibility index (Phi) is 10.4. The van der Waals surface area contributed by atoms with Crippen molar-refractivity contribution in [3.05, 3.63) is 70.3 Å². The van der Waals surface area contributed by atoms with Crippen molar-refractivity contribution in [2.75, 3.05) is 18.5 Å². The SMILES string of the molecule is CCOC(=O)c1c(NC(=O)[C@H](C)Sc2nnc(CNC(=O)c3ccco3)n2-c2ccc(OCC)cc2)sc2c1CCCCC2. The minimum Gasteiger partial charge on any atom is -0.494 e. The molecule has 1 aliphatic carbocycles. The average Bonchev–Trinajstić information content (AvgIpc) is 3.73. The first-order valence-electron chi connectivity index (χ1n) is 14.7. The van der Waals surface area contributed by atoms with Crippen LogP contribution in [0, 0.1) is 0 Å². The highest BCUT2D eigenvalue weighted by molar-refractivity contribution is 8.00. The molecule has 0 unspecified atom stereocenters. The van der Waals surface area contributed by atoms with Crippen LogP contribution in [0.1, 0.15) is 77.2 Å². The molecule has 1 atom stereocenters. The number of ether oxygens (including phenoxy) is 2. The number of furan rings is 1. The number of carbonyl (C=O) groups excluding carboxylic acids is 3. The van der Waals surface area contributed by atoms with Gasteiger partial charge in [-0.15, -0.1) is 21.5 Å². The van der Waals surface area contributed by atoms with E-state index in [4.69, 9.17) is 13.9 Å². The highest BCUT2D eigenvalue weighted by Crippen LogP contribution is 2.38. The molecule has 232 valence electrons. The molecule has 1 aliphatic rings. The number of nitrogens with zero attached hydrogens (tertiary/aromatic N) is 3. The molecule has 0 radical (unpaired) electrons. The molecule has 2 amide bonds. The summed E-state index contributed by atoms with van der Waals surface area (Å²) in [5.74, 6) is 0.307. The van der Waals surface area contributed by atoms with Crippen LogP contribution in [0.25, 0.3) is 5.69 Å². The summed E-state index contributed by atoms with van der Waals surface area (Å²) in [6, 6.07) is 10.6. The third kappa shape index (κ3) is 7.16. The smallest absolute Gasteiger partial charge is 0.341 e. The zero-order valence-electron chi connectivity index (χ0n) is 24.9. The van der Waals surface area contributed by atoms with Crippen LogP contribution in [0.4, 0.5) is 5.00 Å². The number of fused-ring (bicyclic) bond motifs is 1. The number of benzene rings is 1. The van der Waals surface area contributed by atoms with Crippen molar-refractivity contribution in [1.82, 2.24) is 20.1 Å². The Morgan fingerprint density at radius 3 is 2.59 bits per heavy atom. The Morgan fingerprint density at radius 2 is 1.86 bits per heavy atom. The van der Waals surface area contributed by atoms with E-state index in [9.17, 15) is 14.4 Å². The molecule has 0 spiro atoms. The standard InChI is InChI=1S/C31H35N5O6S2/c1-4-40-21-15-13-20(14-16-21)36-25(18-32-28(38)23-11-9-17-42-23)34-35-31(36)43-19(3)27(37)33-29-26(30(39)41-5-2)22-10-7-6-8-12-24(22)44-29/h9,11,13-17,19H,4-8,10,12,18H2,1-3H3,(H,32,38)(H,33,37)/t19-/m0/s1. The van der Waals surface area contributed by atoms with E-state index in [0.717, 1.165) is 48.2 Å². The fourth-order valence-corrected chi connectivity index (χ4v) is 7.10. The molecule has 0 bridgehead atoms. The second kappa shape index (κ2) is 14.6. The van der Waals surface area contributed by atoms with E-state index in [1.54, 1.807) is 30.5 Å². The van der Waals surface area contributed by atoms with Gasteiger partial charge in [-0.3, -0.25) is 14.2 Å². The van der Waals surface area contributed by atoms with Gasteiger partial charge in [0.15, 0.2) is 16.7 Å². The number of aryl methyl sites for hydroxylation is 1. The lowest BCUT2D eigenvalue weighted by Crippen LogP contribution is -2.25. The van der Waals surface area contributed by atoms with Crippen LogP contribution < -0.4 is 15.4 Å². The topological polar surface area (TPSA) is 138 Å². The summed E-state index contributed by atoms with van der Waals surface area (Å²) in [5, 5.41) is 14.9. The quantitative estimate of drug-likeness (QED) is 0.112. The fraction of sp³-hybridized carbons (Fsp3) is 0.387. The number of carbonyl (C=O) groups is 3. The van der Waals surface area contributed by atoms with Crippen LogP contribution in [0.2, 0.25) is 0 Å². The molecule has 11 nitrogen and oxygen atoms in total. The van der Waals surface area contributed by atoms with Crippen LogP contribution in [0.3, 0.4) is 0 Å². The minimum atomic E-state index is -0.594. The summed E-state index contributed by atoms with van der Waals surface area (Å²) in [7, 11) is 0. The number of hydrogen-bond donors (Lipinski definition) is 2. The number of thioether (sulfide) groups is 1. The van der Waals surface area contributed by atoms with E-state index < -0.39 is 11.2 Å². The van der Waals surface area contributed by atoms with E-state index in [1.165, 1.54) is 29.4 Å². The normalized spacial score (nSPS) is 13.4. The van der Waals surface area contributed by atoms with Gasteiger partial charge < -0.3 is 24.5 Å². The second-order valence-corrected chi connectivity index (χ2v) is 12.5. The van der Waals surface area contributed by atoms with Crippen molar-refractivity contribution >= 4 is 45.9 Å². The maximum Gasteiger partial charge on any atom is 0.341 e. The third-order valence-electron chi connectivity index (χ3n) is 7.05. The fourth-order valence-electron chi connectivity index (χ4n) is 4.94. The lowest BCUT2D eigenvalue weighted by Gasteiger charge is -2.15. The van der Waals surface area contributed by atoms with E-state index in [0.29, 0.717) is 33.9 Å². The number of thiophene rings is 1. The van der Waals surface area contributed by atoms with Crippen LogP contribution >= 0.6 is 23.1 Å². The van der Waals surface area contributed by atoms with E-state index in [-0.39, 0.29) is 30.7 Å². The van der Waals surface area contributed by atoms with Crippen LogP contribution in [-0.4, -0.2) is 51.0 Å². The Balaban J connectivity index is 1.38. The number of hydrogen-bond acceptors (Lipinski definition) is 10. The molecule has 0 aliphatic heterocycles. The summed E-state index contributed by atoms with van der Waals surface area (Å²) < 4.78 is 18.0. The van der Waals surface area contributed by atoms with Gasteiger partial charge in [0.2, 0.25) is 5.91 Å². The van der Waals surface area contributed by atoms with Crippen molar-refractivity contribution in [3.63, 3.8) is 0 Å². The Labute approximate surface area is 263 Å². The van der Waals surface area contributed by atoms with Crippen molar-refractivity contribution in [2.24, 2.45) is 0 Å². The van der Waals surface area contributed by atoms with Crippen molar-refractivity contribution in [1.29, 1.82) is 0 Å². The molecule has 0 saturated carbocycles. The summed E-state index contributed by atoms with van der Waals surface area (Å²) in [6.07, 6.45) is 6.29. The Hall–Kier alpha value is -4.10. The Bertz CT molecular complexity index is 1600. The first kappa shape index (κ1) is 31.3. The molecule has 3 heterocycles. The number of amides is 2. The zero-order valence-corrected chi connectivity index (χ0v) is 26.5. The molecule has 5 rings (SSSR count). The number of anilines is 1. The van der Waals surface area contributed by atoms with Crippen molar-refractivity contribution < 1.29 is 28.3 Å². The maximum absolute atomic E-state index is 13.5. The van der Waals surface area contributed by atoms with Crippen molar-refractivity contribution in [2.45, 2.75) is 69.8 Å². The molecule has 0 saturated heterocycles. The zero-order chi connectivity index (χ0) is 31.1. The molecule has 44 heavy (non-hydrogen) atoms. The summed E-state index contributed by atoms with van der Waals surface area (Å²) in [6.45, 7) is 6.33. The van der Waals surface area contributed by atoms with Gasteiger partial charge in [-0.05, 0) is 88.4 Å². The number of esters is 1. The predicted octanol–water partition coefficient (Wildman–Crippen LogP) is 5.82. The molecule has 0 fully saturated rings. The Morgan fingerprint density at radius 1 is 1.07 bits per heavy atom. The van der Waals surface area contributed by atoms with Gasteiger partial charge in [0.05, 0.1) is 36.8 Å². The largest absolute Gasteiger partial charge is 0.494 e. The minimum absolute atomic E-state index is 0.0739. The van der Waals surface area contributed by atoms with Gasteiger partial charge in [0, 0.05) is 10.6 Å². The maximum atomic E-state index is 13.5. The summed E-state index contributed by atoms with van der Waals surface area (Å²) in [5.41, 5.74) is 2.21.